The average molecular weight is 183 g/mol. The highest BCUT2D eigenvalue weighted by atomic mass is 16.3. The van der Waals surface area contributed by atoms with Crippen LogP contribution in [0.2, 0.25) is 0 Å². The Balaban J connectivity index is 1.89. The van der Waals surface area contributed by atoms with Crippen molar-refractivity contribution >= 4 is 0 Å². The van der Waals surface area contributed by atoms with Crippen LogP contribution in [0.5, 0.6) is 0 Å². The Morgan fingerprint density at radius 2 is 2.15 bits per heavy atom. The number of aliphatic hydroxyl groups excluding tert-OH is 1. The summed E-state index contributed by atoms with van der Waals surface area (Å²) in [6.07, 6.45) is 4.26. The molecule has 76 valence electrons. The van der Waals surface area contributed by atoms with Gasteiger partial charge < -0.3 is 5.11 Å². The zero-order valence-electron chi connectivity index (χ0n) is 8.79. The van der Waals surface area contributed by atoms with Gasteiger partial charge >= 0.3 is 0 Å². The molecule has 2 unspecified atom stereocenters. The van der Waals surface area contributed by atoms with Crippen LogP contribution in [0.15, 0.2) is 0 Å². The summed E-state index contributed by atoms with van der Waals surface area (Å²) in [6.45, 7) is 6.97. The average Bonchev–Trinajstić information content (AvgIpc) is 2.64. The van der Waals surface area contributed by atoms with E-state index in [4.69, 9.17) is 0 Å². The Kier molecular flexibility index (Phi) is 2.37. The largest absolute Gasteiger partial charge is 0.396 e. The molecule has 2 atom stereocenters. The predicted molar refractivity (Wildman–Crippen MR) is 53.6 cm³/mol. The first-order valence-corrected chi connectivity index (χ1v) is 5.46. The van der Waals surface area contributed by atoms with Crippen molar-refractivity contribution in [3.63, 3.8) is 0 Å². The van der Waals surface area contributed by atoms with Gasteiger partial charge in [0.2, 0.25) is 0 Å². The van der Waals surface area contributed by atoms with Gasteiger partial charge in [0, 0.05) is 31.2 Å². The molecule has 2 nitrogen and oxygen atoms in total. The van der Waals surface area contributed by atoms with Crippen molar-refractivity contribution in [2.75, 3.05) is 19.7 Å². The number of piperidine rings is 1. The summed E-state index contributed by atoms with van der Waals surface area (Å²) in [5, 5.41) is 9.20. The first-order valence-electron chi connectivity index (χ1n) is 5.46. The first-order chi connectivity index (χ1) is 6.11. The molecule has 2 aliphatic rings. The van der Waals surface area contributed by atoms with Crippen molar-refractivity contribution in [2.45, 2.75) is 39.2 Å². The number of nitrogens with zero attached hydrogens (tertiary/aromatic N) is 1. The van der Waals surface area contributed by atoms with Gasteiger partial charge in [0.25, 0.3) is 0 Å². The zero-order chi connectivity index (χ0) is 9.47. The highest BCUT2D eigenvalue weighted by Gasteiger charge is 2.39. The second-order valence-corrected chi connectivity index (χ2v) is 5.58. The smallest absolute Gasteiger partial charge is 0.0494 e. The summed E-state index contributed by atoms with van der Waals surface area (Å²) in [5.41, 5.74) is 0.0878. The van der Waals surface area contributed by atoms with Gasteiger partial charge in [-0.15, -0.1) is 0 Å². The lowest BCUT2D eigenvalue weighted by Gasteiger charge is -2.34. The molecule has 2 heteroatoms. The fourth-order valence-electron chi connectivity index (χ4n) is 2.82. The summed E-state index contributed by atoms with van der Waals surface area (Å²) < 4.78 is 0. The molecule has 1 saturated carbocycles. The van der Waals surface area contributed by atoms with Crippen LogP contribution in [0.4, 0.5) is 0 Å². The number of likely N-dealkylation sites (tertiary alicyclic amines) is 1. The van der Waals surface area contributed by atoms with E-state index in [2.05, 4.69) is 18.7 Å². The van der Waals surface area contributed by atoms with Gasteiger partial charge in [-0.1, -0.05) is 13.8 Å². The number of rotatable bonds is 3. The zero-order valence-corrected chi connectivity index (χ0v) is 8.79. The van der Waals surface area contributed by atoms with E-state index in [-0.39, 0.29) is 5.41 Å². The van der Waals surface area contributed by atoms with Crippen LogP contribution in [0, 0.1) is 11.3 Å². The van der Waals surface area contributed by atoms with E-state index in [1.807, 2.05) is 0 Å². The maximum Gasteiger partial charge on any atom is 0.0494 e. The van der Waals surface area contributed by atoms with Crippen molar-refractivity contribution < 1.29 is 5.11 Å². The Labute approximate surface area is 80.9 Å². The van der Waals surface area contributed by atoms with Crippen LogP contribution >= 0.6 is 0 Å². The van der Waals surface area contributed by atoms with Crippen LogP contribution < -0.4 is 0 Å². The first kappa shape index (κ1) is 9.47. The topological polar surface area (TPSA) is 23.5 Å². The summed E-state index contributed by atoms with van der Waals surface area (Å²) in [4.78, 5) is 2.59. The molecule has 0 radical (unpaired) electrons. The normalized spacial score (nSPS) is 34.4. The van der Waals surface area contributed by atoms with Crippen molar-refractivity contribution in [1.29, 1.82) is 0 Å². The van der Waals surface area contributed by atoms with Crippen molar-refractivity contribution in [2.24, 2.45) is 11.3 Å². The van der Waals surface area contributed by atoms with Gasteiger partial charge in [-0.25, -0.2) is 0 Å². The number of aliphatic hydroxyl groups is 1. The number of hydrogen-bond donors (Lipinski definition) is 1. The highest BCUT2D eigenvalue weighted by molar-refractivity contribution is 4.93. The third kappa shape index (κ3) is 1.89. The Morgan fingerprint density at radius 3 is 2.62 bits per heavy atom. The van der Waals surface area contributed by atoms with Gasteiger partial charge in [0.05, 0.1) is 0 Å². The second kappa shape index (κ2) is 3.25. The van der Waals surface area contributed by atoms with Crippen LogP contribution in [0.25, 0.3) is 0 Å². The number of hydrogen-bond acceptors (Lipinski definition) is 2. The summed E-state index contributed by atoms with van der Waals surface area (Å²) in [5.74, 6) is 0.972. The summed E-state index contributed by atoms with van der Waals surface area (Å²) >= 11 is 0. The highest BCUT2D eigenvalue weighted by Crippen LogP contribution is 2.38. The SMILES string of the molecule is CC(C)(CO)CN1CC2CCC1C2. The van der Waals surface area contributed by atoms with Crippen molar-refractivity contribution in [1.82, 2.24) is 4.90 Å². The molecule has 1 aliphatic carbocycles. The standard InChI is InChI=1S/C11H21NO/c1-11(2,8-13)7-12-6-9-3-4-10(12)5-9/h9-10,13H,3-8H2,1-2H3. The minimum Gasteiger partial charge on any atom is -0.396 e. The fourth-order valence-corrected chi connectivity index (χ4v) is 2.82. The molecule has 1 aliphatic heterocycles. The molecule has 1 saturated heterocycles. The summed E-state index contributed by atoms with van der Waals surface area (Å²) in [7, 11) is 0. The Morgan fingerprint density at radius 1 is 1.38 bits per heavy atom. The molecule has 1 N–H and O–H groups in total. The Bertz CT molecular complexity index is 191. The van der Waals surface area contributed by atoms with E-state index in [0.29, 0.717) is 6.61 Å². The molecule has 0 aromatic rings. The summed E-state index contributed by atoms with van der Waals surface area (Å²) in [6, 6.07) is 0.843. The third-order valence-electron chi connectivity index (χ3n) is 3.58. The molecule has 2 rings (SSSR count). The van der Waals surface area contributed by atoms with E-state index in [1.54, 1.807) is 0 Å². The van der Waals surface area contributed by atoms with Crippen molar-refractivity contribution in [3.05, 3.63) is 0 Å². The third-order valence-corrected chi connectivity index (χ3v) is 3.58. The fraction of sp³-hybridized carbons (Fsp3) is 1.00. The molecular formula is C11H21NO. The molecule has 0 aromatic heterocycles. The lowest BCUT2D eigenvalue weighted by atomic mass is 9.93. The van der Waals surface area contributed by atoms with E-state index >= 15 is 0 Å². The maximum atomic E-state index is 9.20. The monoisotopic (exact) mass is 183 g/mol. The van der Waals surface area contributed by atoms with E-state index < -0.39 is 0 Å². The van der Waals surface area contributed by atoms with Gasteiger partial charge in [0.15, 0.2) is 0 Å². The van der Waals surface area contributed by atoms with Crippen LogP contribution in [0.3, 0.4) is 0 Å². The predicted octanol–water partition coefficient (Wildman–Crippen LogP) is 1.49. The van der Waals surface area contributed by atoms with Gasteiger partial charge in [-0.05, 0) is 25.2 Å². The Hall–Kier alpha value is -0.0800. The molecule has 1 heterocycles. The minimum atomic E-state index is 0.0878. The molecule has 2 fully saturated rings. The number of fused-ring (bicyclic) bond motifs is 2. The molecule has 2 bridgehead atoms. The van der Waals surface area contributed by atoms with Gasteiger partial charge in [-0.2, -0.15) is 0 Å². The molecule has 0 aromatic carbocycles. The van der Waals surface area contributed by atoms with Gasteiger partial charge in [-0.3, -0.25) is 4.90 Å². The lowest BCUT2D eigenvalue weighted by molar-refractivity contribution is 0.0860. The molecule has 13 heavy (non-hydrogen) atoms. The van der Waals surface area contributed by atoms with E-state index in [0.717, 1.165) is 18.5 Å². The molecule has 0 spiro atoms. The lowest BCUT2D eigenvalue weighted by Crippen LogP contribution is -2.40. The second-order valence-electron chi connectivity index (χ2n) is 5.58. The maximum absolute atomic E-state index is 9.20. The van der Waals surface area contributed by atoms with E-state index in [9.17, 15) is 5.11 Å². The molecular weight excluding hydrogens is 162 g/mol. The quantitative estimate of drug-likeness (QED) is 0.716. The van der Waals surface area contributed by atoms with Crippen LogP contribution in [-0.4, -0.2) is 35.7 Å². The van der Waals surface area contributed by atoms with Gasteiger partial charge in [0.1, 0.15) is 0 Å². The molecule has 0 amide bonds. The van der Waals surface area contributed by atoms with E-state index in [1.165, 1.54) is 25.8 Å². The van der Waals surface area contributed by atoms with Crippen LogP contribution in [0.1, 0.15) is 33.1 Å². The van der Waals surface area contributed by atoms with Crippen LogP contribution in [-0.2, 0) is 0 Å². The van der Waals surface area contributed by atoms with Crippen molar-refractivity contribution in [3.8, 4) is 0 Å². The minimum absolute atomic E-state index is 0.0878.